The minimum Gasteiger partial charge on any atom is -0.432 e. The molecule has 0 radical (unpaired) electrons. The first-order valence-electron chi connectivity index (χ1n) is 9.97. The van der Waals surface area contributed by atoms with Crippen molar-refractivity contribution in [3.8, 4) is 0 Å². The molecular weight excluding hydrogens is 372 g/mol. The number of aliphatic hydroxyl groups excluding tert-OH is 2. The SMILES string of the molecule is Cc1nc2oc3c(N(CC(C)O)CC(C)O)ncnc3c2c2c1COC(C)(C)C2. The lowest BCUT2D eigenvalue weighted by Crippen LogP contribution is -2.37. The maximum Gasteiger partial charge on any atom is 0.229 e. The molecule has 4 rings (SSSR count). The number of aliphatic hydroxyl groups is 2. The first-order valence-corrected chi connectivity index (χ1v) is 9.97. The van der Waals surface area contributed by atoms with Gasteiger partial charge in [-0.05, 0) is 40.2 Å². The molecule has 0 bridgehead atoms. The van der Waals surface area contributed by atoms with Crippen molar-refractivity contribution in [2.24, 2.45) is 0 Å². The van der Waals surface area contributed by atoms with Crippen LogP contribution in [-0.2, 0) is 17.8 Å². The van der Waals surface area contributed by atoms with Gasteiger partial charge < -0.3 is 24.3 Å². The number of pyridine rings is 1. The van der Waals surface area contributed by atoms with Crippen LogP contribution in [0.25, 0.3) is 22.2 Å². The maximum atomic E-state index is 9.94. The van der Waals surface area contributed by atoms with Crippen LogP contribution in [0.2, 0.25) is 0 Å². The van der Waals surface area contributed by atoms with Gasteiger partial charge in [0.25, 0.3) is 0 Å². The predicted molar refractivity (Wildman–Crippen MR) is 110 cm³/mol. The molecular formula is C21H28N4O4. The zero-order valence-electron chi connectivity index (χ0n) is 17.6. The van der Waals surface area contributed by atoms with Crippen LogP contribution in [0, 0.1) is 6.92 Å². The van der Waals surface area contributed by atoms with Gasteiger partial charge in [-0.25, -0.2) is 15.0 Å². The third kappa shape index (κ3) is 3.68. The van der Waals surface area contributed by atoms with Crippen molar-refractivity contribution in [1.82, 2.24) is 15.0 Å². The van der Waals surface area contributed by atoms with Crippen molar-refractivity contribution < 1.29 is 19.4 Å². The maximum absolute atomic E-state index is 9.94. The van der Waals surface area contributed by atoms with Crippen LogP contribution in [-0.4, -0.2) is 56.1 Å². The van der Waals surface area contributed by atoms with E-state index in [0.29, 0.717) is 42.3 Å². The lowest BCUT2D eigenvalue weighted by molar-refractivity contribution is -0.0400. The number of rotatable bonds is 5. The molecule has 0 fully saturated rings. The third-order valence-electron chi connectivity index (χ3n) is 5.28. The second kappa shape index (κ2) is 7.19. The lowest BCUT2D eigenvalue weighted by Gasteiger charge is -2.32. The average molecular weight is 400 g/mol. The summed E-state index contributed by atoms with van der Waals surface area (Å²) >= 11 is 0. The van der Waals surface area contributed by atoms with Crippen molar-refractivity contribution in [3.05, 3.63) is 23.1 Å². The molecule has 8 heteroatoms. The van der Waals surface area contributed by atoms with Gasteiger partial charge in [0.1, 0.15) is 11.8 Å². The summed E-state index contributed by atoms with van der Waals surface area (Å²) in [5.41, 5.74) is 4.61. The Balaban J connectivity index is 1.95. The van der Waals surface area contributed by atoms with E-state index >= 15 is 0 Å². The van der Waals surface area contributed by atoms with Crippen LogP contribution >= 0.6 is 0 Å². The fraction of sp³-hybridized carbons (Fsp3) is 0.571. The molecule has 2 N–H and O–H groups in total. The Labute approximate surface area is 169 Å². The standard InChI is InChI=1S/C21H28N4O4/c1-11(26)7-25(8-12(2)27)19-18-17(22-10-23-19)16-14-6-21(4,5)28-9-15(14)13(3)24-20(16)29-18/h10-12,26-27H,6-9H2,1-5H3. The van der Waals surface area contributed by atoms with E-state index in [1.165, 1.54) is 6.33 Å². The van der Waals surface area contributed by atoms with Crippen molar-refractivity contribution in [3.63, 3.8) is 0 Å². The summed E-state index contributed by atoms with van der Waals surface area (Å²) in [5.74, 6) is 0.549. The summed E-state index contributed by atoms with van der Waals surface area (Å²) < 4.78 is 12.2. The molecule has 2 atom stereocenters. The largest absolute Gasteiger partial charge is 0.432 e. The number of furan rings is 1. The number of hydrogen-bond donors (Lipinski definition) is 2. The van der Waals surface area contributed by atoms with Gasteiger partial charge >= 0.3 is 0 Å². The summed E-state index contributed by atoms with van der Waals surface area (Å²) in [6, 6.07) is 0. The van der Waals surface area contributed by atoms with E-state index in [-0.39, 0.29) is 5.60 Å². The number of aromatic nitrogens is 3. The van der Waals surface area contributed by atoms with Crippen molar-refractivity contribution >= 4 is 28.0 Å². The summed E-state index contributed by atoms with van der Waals surface area (Å²) in [4.78, 5) is 15.4. The molecule has 3 aromatic heterocycles. The van der Waals surface area contributed by atoms with E-state index in [0.717, 1.165) is 28.6 Å². The molecule has 0 saturated heterocycles. The molecule has 1 aliphatic heterocycles. The van der Waals surface area contributed by atoms with Gasteiger partial charge in [-0.2, -0.15) is 0 Å². The lowest BCUT2D eigenvalue weighted by atomic mass is 9.89. The van der Waals surface area contributed by atoms with Crippen molar-refractivity contribution in [1.29, 1.82) is 0 Å². The summed E-state index contributed by atoms with van der Waals surface area (Å²) in [5, 5.41) is 20.8. The van der Waals surface area contributed by atoms with Crippen LogP contribution in [0.15, 0.2) is 10.7 Å². The molecule has 3 aromatic rings. The molecule has 0 amide bonds. The Kier molecular flexibility index (Phi) is 4.96. The molecule has 8 nitrogen and oxygen atoms in total. The highest BCUT2D eigenvalue weighted by Gasteiger charge is 2.32. The molecule has 0 spiro atoms. The Morgan fingerprint density at radius 1 is 1.14 bits per heavy atom. The van der Waals surface area contributed by atoms with Crippen molar-refractivity contribution in [2.45, 2.75) is 65.5 Å². The first-order chi connectivity index (χ1) is 13.7. The van der Waals surface area contributed by atoms with Gasteiger partial charge in [-0.3, -0.25) is 0 Å². The van der Waals surface area contributed by atoms with E-state index in [4.69, 9.17) is 9.15 Å². The summed E-state index contributed by atoms with van der Waals surface area (Å²) in [6.07, 6.45) is 1.06. The van der Waals surface area contributed by atoms with E-state index in [1.54, 1.807) is 13.8 Å². The average Bonchev–Trinajstić information content (AvgIpc) is 2.97. The van der Waals surface area contributed by atoms with E-state index < -0.39 is 12.2 Å². The molecule has 4 heterocycles. The predicted octanol–water partition coefficient (Wildman–Crippen LogP) is 2.50. The quantitative estimate of drug-likeness (QED) is 0.673. The van der Waals surface area contributed by atoms with Crippen LogP contribution in [0.3, 0.4) is 0 Å². The van der Waals surface area contributed by atoms with Gasteiger partial charge in [0.15, 0.2) is 11.4 Å². The van der Waals surface area contributed by atoms with Crippen LogP contribution in [0.5, 0.6) is 0 Å². The fourth-order valence-electron chi connectivity index (χ4n) is 4.07. The molecule has 0 saturated carbocycles. The number of ether oxygens (including phenoxy) is 1. The Morgan fingerprint density at radius 2 is 1.83 bits per heavy atom. The highest BCUT2D eigenvalue weighted by atomic mass is 16.5. The van der Waals surface area contributed by atoms with Gasteiger partial charge in [0.05, 0.1) is 29.8 Å². The highest BCUT2D eigenvalue weighted by molar-refractivity contribution is 6.06. The number of hydrogen-bond acceptors (Lipinski definition) is 8. The summed E-state index contributed by atoms with van der Waals surface area (Å²) in [7, 11) is 0. The highest BCUT2D eigenvalue weighted by Crippen LogP contribution is 2.39. The van der Waals surface area contributed by atoms with Crippen LogP contribution < -0.4 is 4.90 Å². The molecule has 1 aliphatic rings. The molecule has 156 valence electrons. The first kappa shape index (κ1) is 20.0. The summed E-state index contributed by atoms with van der Waals surface area (Å²) in [6.45, 7) is 10.7. The van der Waals surface area contributed by atoms with E-state index in [1.807, 2.05) is 11.8 Å². The van der Waals surface area contributed by atoms with E-state index in [2.05, 4.69) is 28.8 Å². The Morgan fingerprint density at radius 3 is 2.48 bits per heavy atom. The second-order valence-electron chi connectivity index (χ2n) is 8.64. The van der Waals surface area contributed by atoms with Crippen LogP contribution in [0.1, 0.15) is 44.5 Å². The minimum atomic E-state index is -0.589. The number of fused-ring (bicyclic) bond motifs is 5. The second-order valence-corrected chi connectivity index (χ2v) is 8.64. The van der Waals surface area contributed by atoms with Crippen molar-refractivity contribution in [2.75, 3.05) is 18.0 Å². The van der Waals surface area contributed by atoms with Gasteiger partial charge in [-0.1, -0.05) is 0 Å². The van der Waals surface area contributed by atoms with Gasteiger partial charge in [0, 0.05) is 30.8 Å². The molecule has 29 heavy (non-hydrogen) atoms. The number of nitrogens with zero attached hydrogens (tertiary/aromatic N) is 4. The third-order valence-corrected chi connectivity index (χ3v) is 5.28. The molecule has 0 aromatic carbocycles. The van der Waals surface area contributed by atoms with Crippen LogP contribution in [0.4, 0.5) is 5.82 Å². The zero-order chi connectivity index (χ0) is 20.9. The monoisotopic (exact) mass is 400 g/mol. The number of anilines is 1. The molecule has 2 unspecified atom stereocenters. The number of aryl methyl sites for hydroxylation is 1. The van der Waals surface area contributed by atoms with Gasteiger partial charge in [0.2, 0.25) is 5.71 Å². The Hall–Kier alpha value is -2.29. The Bertz CT molecular complexity index is 1050. The van der Waals surface area contributed by atoms with E-state index in [9.17, 15) is 10.2 Å². The van der Waals surface area contributed by atoms with Gasteiger partial charge in [-0.15, -0.1) is 0 Å². The zero-order valence-corrected chi connectivity index (χ0v) is 17.6. The minimum absolute atomic E-state index is 0.280. The topological polar surface area (TPSA) is 105 Å². The fourth-order valence-corrected chi connectivity index (χ4v) is 4.07. The normalized spacial score (nSPS) is 18.0. The molecule has 0 aliphatic carbocycles. The smallest absolute Gasteiger partial charge is 0.229 e.